The molecule has 1 nitrogen and oxygen atoms in total. The van der Waals surface area contributed by atoms with Crippen LogP contribution in [0.5, 0.6) is 0 Å². The SMILES string of the molecule is C/N=C\C(=CCC/C=C/Br)C(F)F. The molecule has 0 unspecified atom stereocenters. The number of unbranched alkanes of at least 4 members (excludes halogenated alkanes) is 1. The molecule has 0 amide bonds. The molecule has 74 valence electrons. The van der Waals surface area contributed by atoms with E-state index < -0.39 is 6.43 Å². The summed E-state index contributed by atoms with van der Waals surface area (Å²) in [5.41, 5.74) is -0.00882. The van der Waals surface area contributed by atoms with Crippen LogP contribution in [0.25, 0.3) is 0 Å². The summed E-state index contributed by atoms with van der Waals surface area (Å²) < 4.78 is 24.4. The molecule has 0 fully saturated rings. The number of nitrogens with zero attached hydrogens (tertiary/aromatic N) is 1. The van der Waals surface area contributed by atoms with Gasteiger partial charge in [0.05, 0.1) is 0 Å². The van der Waals surface area contributed by atoms with Crippen molar-refractivity contribution in [1.82, 2.24) is 0 Å². The van der Waals surface area contributed by atoms with Crippen LogP contribution in [0.15, 0.2) is 27.7 Å². The van der Waals surface area contributed by atoms with E-state index in [9.17, 15) is 8.78 Å². The predicted octanol–water partition coefficient (Wildman–Crippen LogP) is 3.57. The van der Waals surface area contributed by atoms with Crippen molar-refractivity contribution < 1.29 is 8.78 Å². The van der Waals surface area contributed by atoms with Crippen LogP contribution in [-0.2, 0) is 0 Å². The van der Waals surface area contributed by atoms with E-state index in [0.717, 1.165) is 6.42 Å². The molecule has 0 radical (unpaired) electrons. The highest BCUT2D eigenvalue weighted by molar-refractivity contribution is 9.11. The van der Waals surface area contributed by atoms with E-state index in [1.165, 1.54) is 19.3 Å². The number of halogens is 3. The fourth-order valence-corrected chi connectivity index (χ4v) is 1.02. The van der Waals surface area contributed by atoms with Gasteiger partial charge in [0.1, 0.15) is 0 Å². The number of alkyl halides is 2. The molecule has 0 saturated heterocycles. The van der Waals surface area contributed by atoms with E-state index >= 15 is 0 Å². The second-order valence-electron chi connectivity index (χ2n) is 2.33. The van der Waals surface area contributed by atoms with Gasteiger partial charge in [-0.2, -0.15) is 0 Å². The van der Waals surface area contributed by atoms with Crippen molar-refractivity contribution in [3.8, 4) is 0 Å². The maximum atomic E-state index is 12.2. The molecule has 0 atom stereocenters. The minimum absolute atomic E-state index is 0.00882. The Bertz CT molecular complexity index is 210. The van der Waals surface area contributed by atoms with Crippen LogP contribution in [0, 0.1) is 0 Å². The Morgan fingerprint density at radius 2 is 2.15 bits per heavy atom. The number of hydrogen-bond acceptors (Lipinski definition) is 1. The molecule has 0 aromatic carbocycles. The van der Waals surface area contributed by atoms with Gasteiger partial charge in [-0.25, -0.2) is 8.78 Å². The summed E-state index contributed by atoms with van der Waals surface area (Å²) in [6, 6.07) is 0. The average molecular weight is 252 g/mol. The van der Waals surface area contributed by atoms with Crippen molar-refractivity contribution in [3.05, 3.63) is 22.7 Å². The highest BCUT2D eigenvalue weighted by Gasteiger charge is 2.06. The number of aliphatic imine (C=N–C) groups is 1. The van der Waals surface area contributed by atoms with Gasteiger partial charge in [0.2, 0.25) is 0 Å². The molecule has 0 N–H and O–H groups in total. The Kier molecular flexibility index (Phi) is 7.79. The Morgan fingerprint density at radius 3 is 2.62 bits per heavy atom. The Labute approximate surface area is 85.4 Å². The molecular weight excluding hydrogens is 240 g/mol. The second-order valence-corrected chi connectivity index (χ2v) is 2.86. The third kappa shape index (κ3) is 6.63. The van der Waals surface area contributed by atoms with E-state index in [4.69, 9.17) is 0 Å². The minimum atomic E-state index is -2.43. The van der Waals surface area contributed by atoms with Crippen molar-refractivity contribution in [2.24, 2.45) is 4.99 Å². The zero-order valence-corrected chi connectivity index (χ0v) is 8.97. The summed E-state index contributed by atoms with van der Waals surface area (Å²) in [4.78, 5) is 5.27. The quantitative estimate of drug-likeness (QED) is 0.524. The summed E-state index contributed by atoms with van der Waals surface area (Å²) in [5, 5.41) is 0. The lowest BCUT2D eigenvalue weighted by molar-refractivity contribution is 0.197. The van der Waals surface area contributed by atoms with E-state index in [0.29, 0.717) is 6.42 Å². The van der Waals surface area contributed by atoms with Crippen LogP contribution >= 0.6 is 15.9 Å². The number of hydrogen-bond donors (Lipinski definition) is 0. The Hall–Kier alpha value is -0.510. The van der Waals surface area contributed by atoms with Gasteiger partial charge in [0, 0.05) is 18.8 Å². The zero-order valence-electron chi connectivity index (χ0n) is 7.38. The van der Waals surface area contributed by atoms with Crippen LogP contribution in [-0.4, -0.2) is 19.7 Å². The maximum absolute atomic E-state index is 12.2. The molecule has 0 aromatic rings. The van der Waals surface area contributed by atoms with Gasteiger partial charge < -0.3 is 0 Å². The molecule has 13 heavy (non-hydrogen) atoms. The normalized spacial score (nSPS) is 13.8. The Balaban J connectivity index is 4.04. The summed E-state index contributed by atoms with van der Waals surface area (Å²) in [6.07, 6.45) is 3.49. The summed E-state index contributed by atoms with van der Waals surface area (Å²) in [5.74, 6) is 0. The zero-order chi connectivity index (χ0) is 10.1. The third-order valence-corrected chi connectivity index (χ3v) is 1.71. The van der Waals surface area contributed by atoms with Gasteiger partial charge in [0.25, 0.3) is 6.43 Å². The van der Waals surface area contributed by atoms with Gasteiger partial charge in [-0.15, -0.1) is 0 Å². The fourth-order valence-electron chi connectivity index (χ4n) is 0.756. The first-order chi connectivity index (χ1) is 6.22. The van der Waals surface area contributed by atoms with E-state index in [-0.39, 0.29) is 5.57 Å². The first kappa shape index (κ1) is 12.5. The predicted molar refractivity (Wildman–Crippen MR) is 55.8 cm³/mol. The van der Waals surface area contributed by atoms with Gasteiger partial charge >= 0.3 is 0 Å². The minimum Gasteiger partial charge on any atom is -0.296 e. The van der Waals surface area contributed by atoms with Crippen molar-refractivity contribution in [1.29, 1.82) is 0 Å². The van der Waals surface area contributed by atoms with Crippen molar-refractivity contribution >= 4 is 22.1 Å². The average Bonchev–Trinajstić information content (AvgIpc) is 2.10. The highest BCUT2D eigenvalue weighted by atomic mass is 79.9. The third-order valence-electron chi connectivity index (χ3n) is 1.33. The molecule has 4 heteroatoms. The lowest BCUT2D eigenvalue weighted by Gasteiger charge is -1.97. The van der Waals surface area contributed by atoms with E-state index in [1.807, 2.05) is 6.08 Å². The first-order valence-corrected chi connectivity index (χ1v) is 4.79. The van der Waals surface area contributed by atoms with Crippen LogP contribution in [0.1, 0.15) is 12.8 Å². The molecule has 0 spiro atoms. The van der Waals surface area contributed by atoms with Crippen LogP contribution in [0.4, 0.5) is 8.78 Å². The van der Waals surface area contributed by atoms with E-state index in [2.05, 4.69) is 20.9 Å². The fraction of sp³-hybridized carbons (Fsp3) is 0.444. The van der Waals surface area contributed by atoms with Crippen molar-refractivity contribution in [2.75, 3.05) is 7.05 Å². The van der Waals surface area contributed by atoms with Crippen molar-refractivity contribution in [3.63, 3.8) is 0 Å². The lowest BCUT2D eigenvalue weighted by atomic mass is 10.2. The molecule has 0 heterocycles. The van der Waals surface area contributed by atoms with Gasteiger partial charge in [-0.1, -0.05) is 28.1 Å². The number of rotatable bonds is 5. The Morgan fingerprint density at radius 1 is 1.46 bits per heavy atom. The van der Waals surface area contributed by atoms with Gasteiger partial charge in [0.15, 0.2) is 0 Å². The molecule has 0 rings (SSSR count). The first-order valence-electron chi connectivity index (χ1n) is 3.88. The molecule has 0 aliphatic heterocycles. The van der Waals surface area contributed by atoms with Gasteiger partial charge in [-0.05, 0) is 17.8 Å². The molecule has 0 saturated carbocycles. The summed E-state index contributed by atoms with van der Waals surface area (Å²) >= 11 is 3.10. The largest absolute Gasteiger partial charge is 0.296 e. The number of allylic oxidation sites excluding steroid dienone is 3. The second kappa shape index (κ2) is 8.10. The monoisotopic (exact) mass is 251 g/mol. The smallest absolute Gasteiger partial charge is 0.265 e. The van der Waals surface area contributed by atoms with Crippen molar-refractivity contribution in [2.45, 2.75) is 19.3 Å². The van der Waals surface area contributed by atoms with Crippen LogP contribution in [0.3, 0.4) is 0 Å². The molecule has 0 aliphatic rings. The van der Waals surface area contributed by atoms with Gasteiger partial charge in [-0.3, -0.25) is 4.99 Å². The molecule has 0 bridgehead atoms. The molecule has 0 aromatic heterocycles. The van der Waals surface area contributed by atoms with E-state index in [1.54, 1.807) is 4.99 Å². The standard InChI is InChI=1S/C9H12BrF2N/c1-13-7-8(9(11)12)5-3-2-4-6-10/h4-7,9H,2-3H2,1H3/b6-4+,8-5?,13-7-. The van der Waals surface area contributed by atoms with Crippen LogP contribution in [0.2, 0.25) is 0 Å². The topological polar surface area (TPSA) is 12.4 Å². The van der Waals surface area contributed by atoms with Crippen LogP contribution < -0.4 is 0 Å². The maximum Gasteiger partial charge on any atom is 0.265 e. The lowest BCUT2D eigenvalue weighted by Crippen LogP contribution is -1.98. The summed E-state index contributed by atoms with van der Waals surface area (Å²) in [7, 11) is 1.48. The highest BCUT2D eigenvalue weighted by Crippen LogP contribution is 2.08. The summed E-state index contributed by atoms with van der Waals surface area (Å²) in [6.45, 7) is 0. The molecule has 0 aliphatic carbocycles. The molecular formula is C9H12BrF2N.